The van der Waals surface area contributed by atoms with E-state index in [1.807, 2.05) is 13.8 Å². The molecule has 0 saturated carbocycles. The Balaban J connectivity index is 2.19. The number of carbonyl (C=O) groups excluding carboxylic acids is 1. The summed E-state index contributed by atoms with van der Waals surface area (Å²) < 4.78 is 7.05. The molecule has 0 radical (unpaired) electrons. The van der Waals surface area contributed by atoms with E-state index in [9.17, 15) is 4.79 Å². The van der Waals surface area contributed by atoms with Gasteiger partial charge in [0.1, 0.15) is 5.75 Å². The first-order valence-electron chi connectivity index (χ1n) is 6.36. The summed E-state index contributed by atoms with van der Waals surface area (Å²) in [7, 11) is 0. The Morgan fingerprint density at radius 1 is 1.45 bits per heavy atom. The van der Waals surface area contributed by atoms with Crippen molar-refractivity contribution in [1.29, 1.82) is 0 Å². The van der Waals surface area contributed by atoms with Crippen LogP contribution in [-0.4, -0.2) is 38.4 Å². The van der Waals surface area contributed by atoms with Crippen LogP contribution in [0.3, 0.4) is 0 Å². The normalized spacial score (nSPS) is 10.8. The maximum Gasteiger partial charge on any atom is 0.216 e. The highest BCUT2D eigenvalue weighted by Crippen LogP contribution is 2.15. The lowest BCUT2D eigenvalue weighted by Gasteiger charge is -2.09. The maximum atomic E-state index is 12.3. The van der Waals surface area contributed by atoms with Gasteiger partial charge in [-0.1, -0.05) is 5.21 Å². The highest BCUT2D eigenvalue weighted by molar-refractivity contribution is 6.07. The van der Waals surface area contributed by atoms with Crippen LogP contribution in [0.4, 0.5) is 0 Å². The summed E-state index contributed by atoms with van der Waals surface area (Å²) in [6, 6.07) is 1.65. The Hall–Kier alpha value is -2.28. The van der Waals surface area contributed by atoms with Crippen molar-refractivity contribution in [2.24, 2.45) is 5.73 Å². The standard InChI is InChI=1S/C13H17N5O2/c1-9(2)20-11-5-10(6-15-7-11)13(19)12-8-18(4-3-14)17-16-12/h5-9H,3-4,14H2,1-2H3. The second-order valence-electron chi connectivity index (χ2n) is 4.56. The maximum absolute atomic E-state index is 12.3. The number of pyridine rings is 1. The van der Waals surface area contributed by atoms with Gasteiger partial charge in [-0.2, -0.15) is 0 Å². The van der Waals surface area contributed by atoms with E-state index >= 15 is 0 Å². The van der Waals surface area contributed by atoms with Crippen LogP contribution < -0.4 is 10.5 Å². The van der Waals surface area contributed by atoms with Crippen LogP contribution in [-0.2, 0) is 6.54 Å². The summed E-state index contributed by atoms with van der Waals surface area (Å²) in [5, 5.41) is 7.68. The Bertz CT molecular complexity index is 594. The van der Waals surface area contributed by atoms with Crippen molar-refractivity contribution >= 4 is 5.78 Å². The number of rotatable bonds is 6. The van der Waals surface area contributed by atoms with Crippen molar-refractivity contribution in [2.45, 2.75) is 26.5 Å². The third kappa shape index (κ3) is 3.39. The molecule has 2 aromatic heterocycles. The molecule has 0 saturated heterocycles. The largest absolute Gasteiger partial charge is 0.489 e. The fourth-order valence-corrected chi connectivity index (χ4v) is 1.67. The molecule has 0 spiro atoms. The molecule has 20 heavy (non-hydrogen) atoms. The second-order valence-corrected chi connectivity index (χ2v) is 4.56. The molecule has 0 amide bonds. The van der Waals surface area contributed by atoms with Crippen LogP contribution in [0.25, 0.3) is 0 Å². The summed E-state index contributed by atoms with van der Waals surface area (Å²) in [5.74, 6) is 0.315. The van der Waals surface area contributed by atoms with Crippen molar-refractivity contribution in [3.05, 3.63) is 35.9 Å². The molecule has 0 aliphatic heterocycles. The van der Waals surface area contributed by atoms with E-state index < -0.39 is 0 Å². The zero-order valence-corrected chi connectivity index (χ0v) is 11.5. The minimum Gasteiger partial charge on any atom is -0.489 e. The van der Waals surface area contributed by atoms with E-state index in [1.54, 1.807) is 18.5 Å². The van der Waals surface area contributed by atoms with Gasteiger partial charge in [0, 0.05) is 18.3 Å². The third-order valence-corrected chi connectivity index (χ3v) is 2.48. The van der Waals surface area contributed by atoms with Crippen molar-refractivity contribution in [2.75, 3.05) is 6.54 Å². The van der Waals surface area contributed by atoms with Gasteiger partial charge in [0.15, 0.2) is 5.69 Å². The van der Waals surface area contributed by atoms with Gasteiger partial charge < -0.3 is 10.5 Å². The van der Waals surface area contributed by atoms with E-state index in [4.69, 9.17) is 10.5 Å². The smallest absolute Gasteiger partial charge is 0.216 e. The molecule has 0 atom stereocenters. The topological polar surface area (TPSA) is 95.9 Å². The number of aromatic nitrogens is 4. The van der Waals surface area contributed by atoms with Crippen LogP contribution in [0.15, 0.2) is 24.7 Å². The Kier molecular flexibility index (Phi) is 4.41. The van der Waals surface area contributed by atoms with E-state index in [-0.39, 0.29) is 17.6 Å². The lowest BCUT2D eigenvalue weighted by atomic mass is 10.1. The van der Waals surface area contributed by atoms with Gasteiger partial charge >= 0.3 is 0 Å². The van der Waals surface area contributed by atoms with Gasteiger partial charge in [-0.3, -0.25) is 14.5 Å². The van der Waals surface area contributed by atoms with Crippen LogP contribution in [0.2, 0.25) is 0 Å². The highest BCUT2D eigenvalue weighted by Gasteiger charge is 2.14. The average Bonchev–Trinajstić information content (AvgIpc) is 2.86. The predicted molar refractivity (Wildman–Crippen MR) is 72.5 cm³/mol. The van der Waals surface area contributed by atoms with Crippen molar-refractivity contribution in [3.63, 3.8) is 0 Å². The van der Waals surface area contributed by atoms with Crippen molar-refractivity contribution in [3.8, 4) is 5.75 Å². The number of carbonyl (C=O) groups is 1. The average molecular weight is 275 g/mol. The monoisotopic (exact) mass is 275 g/mol. The summed E-state index contributed by atoms with van der Waals surface area (Å²) in [5.41, 5.74) is 6.11. The lowest BCUT2D eigenvalue weighted by molar-refractivity contribution is 0.103. The van der Waals surface area contributed by atoms with Gasteiger partial charge in [-0.25, -0.2) is 0 Å². The minimum atomic E-state index is -0.241. The van der Waals surface area contributed by atoms with Gasteiger partial charge in [-0.05, 0) is 19.9 Å². The van der Waals surface area contributed by atoms with E-state index in [0.29, 0.717) is 24.4 Å². The first-order chi connectivity index (χ1) is 9.60. The highest BCUT2D eigenvalue weighted by atomic mass is 16.5. The summed E-state index contributed by atoms with van der Waals surface area (Å²) in [6.07, 6.45) is 4.65. The molecule has 0 aromatic carbocycles. The van der Waals surface area contributed by atoms with Crippen LogP contribution >= 0.6 is 0 Å². The van der Waals surface area contributed by atoms with Gasteiger partial charge in [0.25, 0.3) is 0 Å². The SMILES string of the molecule is CC(C)Oc1cncc(C(=O)c2cn(CCN)nn2)c1. The first-order valence-corrected chi connectivity index (χ1v) is 6.36. The number of ketones is 1. The van der Waals surface area contributed by atoms with E-state index in [1.165, 1.54) is 10.9 Å². The fraction of sp³-hybridized carbons (Fsp3) is 0.385. The number of nitrogens with zero attached hydrogens (tertiary/aromatic N) is 4. The van der Waals surface area contributed by atoms with E-state index in [0.717, 1.165) is 0 Å². The molecule has 0 aliphatic rings. The molecule has 7 heteroatoms. The Morgan fingerprint density at radius 3 is 2.95 bits per heavy atom. The number of hydrogen-bond donors (Lipinski definition) is 1. The van der Waals surface area contributed by atoms with Crippen LogP contribution in [0.5, 0.6) is 5.75 Å². The second kappa shape index (κ2) is 6.25. The van der Waals surface area contributed by atoms with Gasteiger partial charge in [0.05, 0.1) is 25.0 Å². The summed E-state index contributed by atoms with van der Waals surface area (Å²) in [4.78, 5) is 16.3. The summed E-state index contributed by atoms with van der Waals surface area (Å²) >= 11 is 0. The molecule has 2 heterocycles. The molecular weight excluding hydrogens is 258 g/mol. The molecule has 7 nitrogen and oxygen atoms in total. The fourth-order valence-electron chi connectivity index (χ4n) is 1.67. The van der Waals surface area contributed by atoms with Crippen molar-refractivity contribution in [1.82, 2.24) is 20.0 Å². The van der Waals surface area contributed by atoms with Crippen LogP contribution in [0, 0.1) is 0 Å². The zero-order chi connectivity index (χ0) is 14.5. The number of ether oxygens (including phenoxy) is 1. The Labute approximate surface area is 116 Å². The molecule has 2 rings (SSSR count). The molecule has 106 valence electrons. The predicted octanol–water partition coefficient (Wildman–Crippen LogP) is 0.650. The quantitative estimate of drug-likeness (QED) is 0.778. The Morgan fingerprint density at radius 2 is 2.25 bits per heavy atom. The third-order valence-electron chi connectivity index (χ3n) is 2.48. The van der Waals surface area contributed by atoms with Gasteiger partial charge in [-0.15, -0.1) is 5.10 Å². The molecule has 0 unspecified atom stereocenters. The molecule has 2 N–H and O–H groups in total. The zero-order valence-electron chi connectivity index (χ0n) is 11.5. The molecule has 0 bridgehead atoms. The number of nitrogens with two attached hydrogens (primary N) is 1. The lowest BCUT2D eigenvalue weighted by Crippen LogP contribution is -2.10. The number of hydrogen-bond acceptors (Lipinski definition) is 6. The molecule has 0 fully saturated rings. The van der Waals surface area contributed by atoms with Crippen LogP contribution in [0.1, 0.15) is 29.9 Å². The molecule has 2 aromatic rings. The van der Waals surface area contributed by atoms with E-state index in [2.05, 4.69) is 15.3 Å². The van der Waals surface area contributed by atoms with Crippen molar-refractivity contribution < 1.29 is 9.53 Å². The molecular formula is C13H17N5O2. The first kappa shape index (κ1) is 14.1. The summed E-state index contributed by atoms with van der Waals surface area (Å²) in [6.45, 7) is 4.78. The minimum absolute atomic E-state index is 0.0209. The molecule has 0 aliphatic carbocycles. The van der Waals surface area contributed by atoms with Gasteiger partial charge in [0.2, 0.25) is 5.78 Å².